The molecule has 260 valence electrons. The maximum atomic E-state index is 17.4. The van der Waals surface area contributed by atoms with Gasteiger partial charge in [-0.05, 0) is 48.5 Å². The summed E-state index contributed by atoms with van der Waals surface area (Å²) in [7, 11) is 0. The highest BCUT2D eigenvalue weighted by atomic mass is 19.2. The van der Waals surface area contributed by atoms with Crippen LogP contribution in [0.3, 0.4) is 0 Å². The van der Waals surface area contributed by atoms with Gasteiger partial charge in [0.05, 0.1) is 23.0 Å². The van der Waals surface area contributed by atoms with Gasteiger partial charge >= 0.3 is 17.9 Å². The molecule has 1 aliphatic heterocycles. The van der Waals surface area contributed by atoms with Gasteiger partial charge in [0.2, 0.25) is 6.10 Å². The van der Waals surface area contributed by atoms with Crippen LogP contribution in [-0.2, 0) is 18.9 Å². The van der Waals surface area contributed by atoms with Crippen LogP contribution in [0, 0.1) is 0 Å². The second kappa shape index (κ2) is 14.6. The zero-order valence-electron chi connectivity index (χ0n) is 27.1. The molecule has 4 atom stereocenters. The van der Waals surface area contributed by atoms with Crippen molar-refractivity contribution >= 4 is 40.8 Å². The first-order valence-electron chi connectivity index (χ1n) is 16.0. The van der Waals surface area contributed by atoms with Crippen molar-refractivity contribution in [2.75, 3.05) is 11.9 Å². The number of imidazole rings is 1. The number of nitrogens with one attached hydrogen (secondary N) is 1. The van der Waals surface area contributed by atoms with Gasteiger partial charge in [0, 0.05) is 5.56 Å². The van der Waals surface area contributed by atoms with Crippen LogP contribution in [0.2, 0.25) is 0 Å². The summed E-state index contributed by atoms with van der Waals surface area (Å²) in [4.78, 5) is 65.7. The summed E-state index contributed by atoms with van der Waals surface area (Å²) in [5.41, 5.74) is 0.812. The number of anilines is 1. The molecular weight excluding hydrogens is 673 g/mol. The number of halogens is 1. The lowest BCUT2D eigenvalue weighted by molar-refractivity contribution is -0.207. The number of alkyl halides is 1. The first-order valence-corrected chi connectivity index (χ1v) is 16.0. The zero-order chi connectivity index (χ0) is 36.1. The summed E-state index contributed by atoms with van der Waals surface area (Å²) in [5.74, 6) is -6.25. The van der Waals surface area contributed by atoms with Crippen LogP contribution in [0.1, 0.15) is 47.7 Å². The second-order valence-electron chi connectivity index (χ2n) is 11.5. The van der Waals surface area contributed by atoms with E-state index in [2.05, 4.69) is 20.3 Å². The van der Waals surface area contributed by atoms with E-state index in [1.54, 1.807) is 84.9 Å². The Kier molecular flexibility index (Phi) is 9.45. The molecule has 1 aliphatic rings. The maximum absolute atomic E-state index is 17.4. The molecule has 0 aliphatic carbocycles. The van der Waals surface area contributed by atoms with E-state index in [9.17, 15) is 19.2 Å². The topological polar surface area (TPSA) is 161 Å². The fourth-order valence-electron chi connectivity index (χ4n) is 5.58. The zero-order valence-corrected chi connectivity index (χ0v) is 27.1. The fraction of sp³-hybridized carbons (Fsp3) is 0.132. The minimum atomic E-state index is -3.07. The average Bonchev–Trinajstić information content (AvgIpc) is 3.74. The van der Waals surface area contributed by atoms with Gasteiger partial charge in [0.15, 0.2) is 35.9 Å². The molecule has 0 bridgehead atoms. The van der Waals surface area contributed by atoms with Gasteiger partial charge in [0.1, 0.15) is 6.33 Å². The van der Waals surface area contributed by atoms with E-state index in [0.717, 1.165) is 6.33 Å². The third kappa shape index (κ3) is 6.95. The molecule has 52 heavy (non-hydrogen) atoms. The minimum Gasteiger partial charge on any atom is -0.456 e. The number of carbonyl (C=O) groups is 4. The predicted molar refractivity (Wildman–Crippen MR) is 182 cm³/mol. The van der Waals surface area contributed by atoms with E-state index in [1.165, 1.54) is 47.3 Å². The Labute approximate surface area is 295 Å². The number of fused-ring (bicyclic) bond motifs is 1. The van der Waals surface area contributed by atoms with Crippen LogP contribution in [0.25, 0.3) is 11.2 Å². The van der Waals surface area contributed by atoms with E-state index in [4.69, 9.17) is 18.9 Å². The molecule has 0 unspecified atom stereocenters. The number of hydrogen-bond acceptors (Lipinski definition) is 11. The number of amides is 1. The Morgan fingerprint density at radius 2 is 1.21 bits per heavy atom. The normalized spacial score (nSPS) is 19.4. The average molecular weight is 702 g/mol. The van der Waals surface area contributed by atoms with E-state index in [0.29, 0.717) is 5.56 Å². The molecule has 0 saturated carbocycles. The van der Waals surface area contributed by atoms with Crippen LogP contribution in [0.4, 0.5) is 10.2 Å². The quantitative estimate of drug-likeness (QED) is 0.140. The van der Waals surface area contributed by atoms with Crippen molar-refractivity contribution in [1.82, 2.24) is 19.5 Å². The number of rotatable bonds is 10. The molecule has 14 heteroatoms. The lowest BCUT2D eigenvalue weighted by atomic mass is 10.1. The van der Waals surface area contributed by atoms with Gasteiger partial charge in [-0.25, -0.2) is 33.7 Å². The van der Waals surface area contributed by atoms with Gasteiger partial charge < -0.3 is 24.3 Å². The fourth-order valence-corrected chi connectivity index (χ4v) is 5.58. The van der Waals surface area contributed by atoms with Crippen LogP contribution < -0.4 is 5.32 Å². The summed E-state index contributed by atoms with van der Waals surface area (Å²) in [6, 6.07) is 32.0. The molecule has 13 nitrogen and oxygen atoms in total. The third-order valence-electron chi connectivity index (χ3n) is 8.13. The van der Waals surface area contributed by atoms with Gasteiger partial charge in [-0.1, -0.05) is 72.8 Å². The van der Waals surface area contributed by atoms with Gasteiger partial charge in [0.25, 0.3) is 11.8 Å². The Hall–Kier alpha value is -6.80. The molecule has 0 radical (unpaired) electrons. The van der Waals surface area contributed by atoms with Crippen molar-refractivity contribution in [3.8, 4) is 0 Å². The van der Waals surface area contributed by atoms with Crippen molar-refractivity contribution < 1.29 is 42.5 Å². The number of nitrogens with zero attached hydrogens (tertiary/aromatic N) is 4. The number of carbonyl (C=O) groups excluding carboxylic acids is 4. The monoisotopic (exact) mass is 701 g/mol. The molecule has 7 rings (SSSR count). The molecule has 2 aromatic heterocycles. The molecule has 3 heterocycles. The molecule has 1 fully saturated rings. The van der Waals surface area contributed by atoms with Crippen molar-refractivity contribution in [2.45, 2.75) is 24.3 Å². The summed E-state index contributed by atoms with van der Waals surface area (Å²) >= 11 is 0. The highest BCUT2D eigenvalue weighted by Gasteiger charge is 2.62. The van der Waals surface area contributed by atoms with E-state index < -0.39 is 54.7 Å². The third-order valence-corrected chi connectivity index (χ3v) is 8.13. The lowest BCUT2D eigenvalue weighted by Gasteiger charge is -2.27. The molecule has 4 aromatic carbocycles. The molecular formula is C38H28FN5O8. The van der Waals surface area contributed by atoms with Crippen LogP contribution >= 0.6 is 0 Å². The summed E-state index contributed by atoms with van der Waals surface area (Å²) in [6.45, 7) is -1.07. The van der Waals surface area contributed by atoms with Crippen molar-refractivity contribution in [2.24, 2.45) is 0 Å². The Morgan fingerprint density at radius 1 is 0.692 bits per heavy atom. The molecule has 1 N–H and O–H groups in total. The van der Waals surface area contributed by atoms with E-state index in [-0.39, 0.29) is 33.7 Å². The Bertz CT molecular complexity index is 2220. The maximum Gasteiger partial charge on any atom is 0.338 e. The van der Waals surface area contributed by atoms with Crippen LogP contribution in [0.5, 0.6) is 0 Å². The summed E-state index contributed by atoms with van der Waals surface area (Å²) in [5, 5.41) is 2.69. The highest BCUT2D eigenvalue weighted by Crippen LogP contribution is 2.44. The van der Waals surface area contributed by atoms with Crippen molar-refractivity contribution in [3.05, 3.63) is 156 Å². The molecule has 1 amide bonds. The molecule has 0 spiro atoms. The minimum absolute atomic E-state index is 0.0313. The molecule has 6 aromatic rings. The smallest absolute Gasteiger partial charge is 0.338 e. The SMILES string of the molecule is O=C(Nc1ncnc2c1ncn2[C@@H]1O[C@](F)(COC(=O)c2ccccc2)[C@@H](OC(=O)c2ccccc2)[C@H]1OC(=O)c1ccccc1)c1ccccc1. The van der Waals surface area contributed by atoms with Crippen LogP contribution in [0.15, 0.2) is 134 Å². The lowest BCUT2D eigenvalue weighted by Crippen LogP contribution is -2.47. The largest absolute Gasteiger partial charge is 0.456 e. The number of hydrogen-bond donors (Lipinski definition) is 1. The van der Waals surface area contributed by atoms with Gasteiger partial charge in [-0.3, -0.25) is 9.36 Å². The predicted octanol–water partition coefficient (Wildman–Crippen LogP) is 5.58. The van der Waals surface area contributed by atoms with Gasteiger partial charge in [-0.15, -0.1) is 0 Å². The standard InChI is InChI=1S/C38H28FN5O8/c39-38(21-49-35(46)25-15-7-2-8-16-25)30(51-37(48)27-19-11-4-12-20-27)29(50-36(47)26-17-9-3-10-18-26)34(52-38)44-23-42-28-31(40-22-41-32(28)44)43-33(45)24-13-5-1-6-14-24/h1-20,22-23,29-30,34H,21H2,(H,40,41,43,45)/t29-,30+,34-,38-/m1/s1. The number of esters is 3. The van der Waals surface area contributed by atoms with E-state index in [1.807, 2.05) is 0 Å². The van der Waals surface area contributed by atoms with Crippen molar-refractivity contribution in [3.63, 3.8) is 0 Å². The van der Waals surface area contributed by atoms with E-state index >= 15 is 4.39 Å². The first-order chi connectivity index (χ1) is 25.3. The number of benzene rings is 4. The summed E-state index contributed by atoms with van der Waals surface area (Å²) in [6.07, 6.45) is -2.91. The number of aromatic nitrogens is 4. The van der Waals surface area contributed by atoms with Crippen LogP contribution in [-0.4, -0.2) is 68.0 Å². The Balaban J connectivity index is 1.28. The molecule has 1 saturated heterocycles. The number of ether oxygens (including phenoxy) is 4. The Morgan fingerprint density at radius 3 is 1.79 bits per heavy atom. The highest BCUT2D eigenvalue weighted by molar-refractivity contribution is 6.06. The summed E-state index contributed by atoms with van der Waals surface area (Å²) < 4.78 is 41.6. The second-order valence-corrected chi connectivity index (χ2v) is 11.5. The van der Waals surface area contributed by atoms with Gasteiger partial charge in [-0.2, -0.15) is 0 Å². The first kappa shape index (κ1) is 33.7. The van der Waals surface area contributed by atoms with Crippen molar-refractivity contribution in [1.29, 1.82) is 0 Å².